The third kappa shape index (κ3) is 3.63. The Morgan fingerprint density at radius 3 is 2.50 bits per heavy atom. The maximum Gasteiger partial charge on any atom is 0.348 e. The molecule has 0 radical (unpaired) electrons. The Morgan fingerprint density at radius 2 is 1.96 bits per heavy atom. The number of nitrogens with zero attached hydrogens (tertiary/aromatic N) is 1. The zero-order valence-corrected chi connectivity index (χ0v) is 18.0. The summed E-state index contributed by atoms with van der Waals surface area (Å²) in [5, 5.41) is 20.1. The third-order valence-electron chi connectivity index (χ3n) is 4.50. The van der Waals surface area contributed by atoms with Gasteiger partial charge in [-0.25, -0.2) is 4.79 Å². The molecule has 0 aliphatic carbocycles. The summed E-state index contributed by atoms with van der Waals surface area (Å²) in [4.78, 5) is 12.6. The minimum atomic E-state index is -3.52. The summed E-state index contributed by atoms with van der Waals surface area (Å²) in [6.45, 7) is 7.52. The van der Waals surface area contributed by atoms with Crippen LogP contribution in [0.3, 0.4) is 0 Å². The van der Waals surface area contributed by atoms with Crippen molar-refractivity contribution < 1.29 is 19.0 Å². The number of carboxylic acids is 1. The van der Waals surface area contributed by atoms with Crippen molar-refractivity contribution in [2.24, 2.45) is 0 Å². The number of nitrogens with one attached hydrogen (secondary N) is 2. The van der Waals surface area contributed by atoms with Gasteiger partial charge >= 0.3 is 13.5 Å². The summed E-state index contributed by atoms with van der Waals surface area (Å²) in [7, 11) is -2.16. The Labute approximate surface area is 167 Å². The van der Waals surface area contributed by atoms with Crippen LogP contribution >= 0.6 is 18.9 Å². The molecule has 3 rings (SSSR count). The van der Waals surface area contributed by atoms with E-state index in [0.717, 1.165) is 44.3 Å². The van der Waals surface area contributed by atoms with E-state index in [1.54, 1.807) is 12.1 Å². The highest BCUT2D eigenvalue weighted by Gasteiger charge is 2.30. The van der Waals surface area contributed by atoms with Gasteiger partial charge in [-0.05, 0) is 45.4 Å². The number of aryl methyl sites for hydroxylation is 4. The lowest BCUT2D eigenvalue weighted by molar-refractivity contribution is 0.0703. The molecule has 1 unspecified atom stereocenters. The number of hydrogen-bond acceptors (Lipinski definition) is 5. The van der Waals surface area contributed by atoms with Crippen molar-refractivity contribution >= 4 is 35.8 Å². The molecule has 7 nitrogen and oxygen atoms in total. The van der Waals surface area contributed by atoms with Crippen LogP contribution in [-0.2, 0) is 9.09 Å². The van der Waals surface area contributed by atoms with Gasteiger partial charge in [0.2, 0.25) is 0 Å². The smallest absolute Gasteiger partial charge is 0.348 e. The normalized spacial score (nSPS) is 13.3. The number of aromatic nitrogens is 2. The fraction of sp³-hybridized carbons (Fsp3) is 0.263. The van der Waals surface area contributed by atoms with Gasteiger partial charge in [-0.15, -0.1) is 11.3 Å². The molecule has 2 aromatic heterocycles. The number of H-pyrrole nitrogens is 1. The Hall–Kier alpha value is -2.41. The second-order valence-electron chi connectivity index (χ2n) is 6.60. The molecule has 0 saturated heterocycles. The van der Waals surface area contributed by atoms with Crippen LogP contribution in [0.2, 0.25) is 0 Å². The van der Waals surface area contributed by atoms with Gasteiger partial charge in [-0.1, -0.05) is 17.7 Å². The maximum absolute atomic E-state index is 13.5. The van der Waals surface area contributed by atoms with Crippen molar-refractivity contribution in [1.82, 2.24) is 10.2 Å². The second-order valence-corrected chi connectivity index (χ2v) is 9.83. The first-order valence-electron chi connectivity index (χ1n) is 8.57. The van der Waals surface area contributed by atoms with E-state index >= 15 is 0 Å². The van der Waals surface area contributed by atoms with Crippen molar-refractivity contribution in [2.75, 3.05) is 12.2 Å². The predicted octanol–water partition coefficient (Wildman–Crippen LogP) is 4.65. The number of hydrogen-bond donors (Lipinski definition) is 3. The minimum Gasteiger partial charge on any atom is -0.477 e. The number of anilines is 1. The lowest BCUT2D eigenvalue weighted by atomic mass is 10.1. The van der Waals surface area contributed by atoms with E-state index in [-0.39, 0.29) is 10.6 Å². The standard InChI is InChI=1S/C19H22N3O4PS/c1-10-6-7-15(11(2)8-10)27(25,26-5)22-14-9-16(28-18(14)19(23)24)17-12(3)20-21-13(17)4/h6-9H,1-5H3,(H,20,21)(H,22,25)(H,23,24). The number of aromatic amines is 1. The van der Waals surface area contributed by atoms with E-state index in [2.05, 4.69) is 15.3 Å². The molecule has 9 heteroatoms. The van der Waals surface area contributed by atoms with Gasteiger partial charge in [0.1, 0.15) is 4.88 Å². The van der Waals surface area contributed by atoms with Gasteiger partial charge in [0, 0.05) is 23.2 Å². The molecular formula is C19H22N3O4PS. The molecule has 0 spiro atoms. The highest BCUT2D eigenvalue weighted by molar-refractivity contribution is 7.68. The van der Waals surface area contributed by atoms with Gasteiger partial charge in [-0.3, -0.25) is 9.66 Å². The number of aromatic carboxylic acids is 1. The van der Waals surface area contributed by atoms with Gasteiger partial charge in [0.15, 0.2) is 0 Å². The molecule has 3 aromatic rings. The lowest BCUT2D eigenvalue weighted by Crippen LogP contribution is -2.17. The molecule has 0 saturated carbocycles. The van der Waals surface area contributed by atoms with Crippen molar-refractivity contribution in [3.63, 3.8) is 0 Å². The van der Waals surface area contributed by atoms with Crippen molar-refractivity contribution in [3.8, 4) is 10.4 Å². The summed E-state index contributed by atoms with van der Waals surface area (Å²) in [6, 6.07) is 7.21. The Morgan fingerprint density at radius 1 is 1.25 bits per heavy atom. The molecule has 28 heavy (non-hydrogen) atoms. The van der Waals surface area contributed by atoms with Gasteiger partial charge in [-0.2, -0.15) is 5.10 Å². The highest BCUT2D eigenvalue weighted by Crippen LogP contribution is 2.49. The molecule has 1 atom stereocenters. The fourth-order valence-corrected chi connectivity index (χ4v) is 6.05. The topological polar surface area (TPSA) is 104 Å². The van der Waals surface area contributed by atoms with Crippen LogP contribution in [-0.4, -0.2) is 28.4 Å². The van der Waals surface area contributed by atoms with Gasteiger partial charge < -0.3 is 14.7 Å². The van der Waals surface area contributed by atoms with Crippen LogP contribution in [0, 0.1) is 27.7 Å². The van der Waals surface area contributed by atoms with E-state index in [4.69, 9.17) is 4.52 Å². The molecule has 0 bridgehead atoms. The average molecular weight is 419 g/mol. The van der Waals surface area contributed by atoms with Crippen molar-refractivity contribution in [3.05, 3.63) is 51.7 Å². The minimum absolute atomic E-state index is 0.0667. The second kappa shape index (κ2) is 7.54. The molecule has 0 amide bonds. The molecule has 0 fully saturated rings. The molecule has 0 aliphatic heterocycles. The third-order valence-corrected chi connectivity index (χ3v) is 7.82. The van der Waals surface area contributed by atoms with E-state index in [1.807, 2.05) is 39.8 Å². The van der Waals surface area contributed by atoms with E-state index in [1.165, 1.54) is 7.11 Å². The van der Waals surface area contributed by atoms with E-state index in [0.29, 0.717) is 5.30 Å². The van der Waals surface area contributed by atoms with Gasteiger partial charge in [0.05, 0.1) is 16.7 Å². The Kier molecular flexibility index (Phi) is 5.48. The first-order chi connectivity index (χ1) is 13.2. The molecule has 3 N–H and O–H groups in total. The molecule has 2 heterocycles. The molecule has 1 aromatic carbocycles. The number of thiophene rings is 1. The lowest BCUT2D eigenvalue weighted by Gasteiger charge is -2.20. The number of benzene rings is 1. The highest BCUT2D eigenvalue weighted by atomic mass is 32.1. The molecule has 148 valence electrons. The predicted molar refractivity (Wildman–Crippen MR) is 112 cm³/mol. The van der Waals surface area contributed by atoms with E-state index in [9.17, 15) is 14.5 Å². The van der Waals surface area contributed by atoms with Gasteiger partial charge in [0.25, 0.3) is 0 Å². The van der Waals surface area contributed by atoms with E-state index < -0.39 is 13.5 Å². The first kappa shape index (κ1) is 20.3. The number of carboxylic acid groups (broad SMARTS) is 1. The molecule has 0 aliphatic rings. The van der Waals surface area contributed by atoms with Crippen LogP contribution in [0.1, 0.15) is 32.2 Å². The average Bonchev–Trinajstić information content (AvgIpc) is 3.17. The fourth-order valence-electron chi connectivity index (χ4n) is 3.17. The monoisotopic (exact) mass is 419 g/mol. The number of rotatable bonds is 6. The summed E-state index contributed by atoms with van der Waals surface area (Å²) in [5.41, 5.74) is 4.57. The van der Waals surface area contributed by atoms with Crippen LogP contribution < -0.4 is 10.4 Å². The van der Waals surface area contributed by atoms with Crippen LogP contribution in [0.15, 0.2) is 24.3 Å². The Balaban J connectivity index is 2.10. The van der Waals surface area contributed by atoms with Crippen LogP contribution in [0.5, 0.6) is 0 Å². The zero-order valence-electron chi connectivity index (χ0n) is 16.3. The van der Waals surface area contributed by atoms with Crippen LogP contribution in [0.4, 0.5) is 5.69 Å². The summed E-state index contributed by atoms with van der Waals surface area (Å²) in [5.74, 6) is -1.10. The zero-order chi connectivity index (χ0) is 20.6. The summed E-state index contributed by atoms with van der Waals surface area (Å²) in [6.07, 6.45) is 0. The maximum atomic E-state index is 13.5. The summed E-state index contributed by atoms with van der Waals surface area (Å²) < 4.78 is 18.9. The summed E-state index contributed by atoms with van der Waals surface area (Å²) >= 11 is 1.11. The SMILES string of the molecule is COP(=O)(Nc1cc(-c2c(C)n[nH]c2C)sc1C(=O)O)c1ccc(C)cc1C. The first-order valence-corrected chi connectivity index (χ1v) is 11.0. The van der Waals surface area contributed by atoms with Crippen LogP contribution in [0.25, 0.3) is 10.4 Å². The quantitative estimate of drug-likeness (QED) is 0.503. The Bertz CT molecular complexity index is 1080. The van der Waals surface area contributed by atoms with Crippen molar-refractivity contribution in [1.29, 1.82) is 0 Å². The van der Waals surface area contributed by atoms with Crippen molar-refractivity contribution in [2.45, 2.75) is 27.7 Å². The number of carbonyl (C=O) groups is 1. The molecular weight excluding hydrogens is 397 g/mol. The largest absolute Gasteiger partial charge is 0.477 e.